The molecule has 0 saturated carbocycles. The van der Waals surface area contributed by atoms with Crippen LogP contribution in [0, 0.1) is 0 Å². The van der Waals surface area contributed by atoms with E-state index in [0.29, 0.717) is 0 Å². The summed E-state index contributed by atoms with van der Waals surface area (Å²) in [6.45, 7) is 0. The molecule has 0 unspecified atom stereocenters. The first kappa shape index (κ1) is 9.65. The molecule has 3 rings (SSSR count). The lowest BCUT2D eigenvalue weighted by Gasteiger charge is -1.93. The van der Waals surface area contributed by atoms with Gasteiger partial charge in [-0.2, -0.15) is 0 Å². The molecule has 1 fully saturated rings. The van der Waals surface area contributed by atoms with Gasteiger partial charge in [0.15, 0.2) is 5.76 Å². The molecule has 1 aliphatic heterocycles. The van der Waals surface area contributed by atoms with Crippen molar-refractivity contribution in [2.75, 3.05) is 0 Å². The fourth-order valence-corrected chi connectivity index (χ4v) is 1.78. The number of carbonyl (C=O) groups excluding carboxylic acids is 2. The Labute approximate surface area is 96.1 Å². The van der Waals surface area contributed by atoms with Gasteiger partial charge >= 0.3 is 6.09 Å². The van der Waals surface area contributed by atoms with Crippen molar-refractivity contribution in [1.82, 2.24) is 10.3 Å². The van der Waals surface area contributed by atoms with Crippen LogP contribution in [0.1, 0.15) is 5.56 Å². The number of ether oxygens (including phenoxy) is 1. The monoisotopic (exact) mass is 228 g/mol. The Morgan fingerprint density at radius 3 is 2.76 bits per heavy atom. The summed E-state index contributed by atoms with van der Waals surface area (Å²) in [6.07, 6.45) is 2.57. The quantitative estimate of drug-likeness (QED) is 0.731. The van der Waals surface area contributed by atoms with Crippen LogP contribution in [0.2, 0.25) is 0 Å². The summed E-state index contributed by atoms with van der Waals surface area (Å²) in [5.74, 6) is -0.500. The molecule has 2 heterocycles. The lowest BCUT2D eigenvalue weighted by molar-refractivity contribution is -0.116. The molecule has 2 N–H and O–H groups in total. The van der Waals surface area contributed by atoms with Crippen LogP contribution in [0.4, 0.5) is 4.79 Å². The molecule has 1 aliphatic rings. The van der Waals surface area contributed by atoms with E-state index < -0.39 is 12.0 Å². The van der Waals surface area contributed by atoms with Gasteiger partial charge in [-0.15, -0.1) is 0 Å². The first-order valence-electron chi connectivity index (χ1n) is 5.05. The van der Waals surface area contributed by atoms with Crippen LogP contribution in [-0.2, 0) is 9.53 Å². The van der Waals surface area contributed by atoms with Crippen LogP contribution >= 0.6 is 0 Å². The maximum atomic E-state index is 11.3. The van der Waals surface area contributed by atoms with Crippen molar-refractivity contribution in [3.05, 3.63) is 41.8 Å². The Hall–Kier alpha value is -2.56. The van der Waals surface area contributed by atoms with Crippen molar-refractivity contribution < 1.29 is 14.3 Å². The van der Waals surface area contributed by atoms with Gasteiger partial charge in [-0.3, -0.25) is 10.1 Å². The van der Waals surface area contributed by atoms with Crippen LogP contribution in [0.5, 0.6) is 0 Å². The van der Waals surface area contributed by atoms with Crippen molar-refractivity contribution in [3.63, 3.8) is 0 Å². The number of H-pyrrole nitrogens is 1. The third-order valence-electron chi connectivity index (χ3n) is 2.55. The zero-order chi connectivity index (χ0) is 11.8. The number of aromatic nitrogens is 1. The maximum Gasteiger partial charge on any atom is 0.419 e. The molecule has 0 aliphatic carbocycles. The molecule has 1 aromatic heterocycles. The van der Waals surface area contributed by atoms with Gasteiger partial charge in [-0.05, 0) is 12.1 Å². The van der Waals surface area contributed by atoms with Crippen LogP contribution in [0.25, 0.3) is 17.0 Å². The van der Waals surface area contributed by atoms with E-state index in [1.165, 1.54) is 0 Å². The molecular weight excluding hydrogens is 220 g/mol. The molecular formula is C12H8N2O3. The fraction of sp³-hybridized carbons (Fsp3) is 0. The van der Waals surface area contributed by atoms with Gasteiger partial charge in [-0.1, -0.05) is 18.2 Å². The number of imide groups is 1. The number of fused-ring (bicyclic) bond motifs is 1. The number of nitrogens with one attached hydrogen (secondary N) is 2. The number of amides is 2. The number of carbonyl (C=O) groups is 2. The molecule has 84 valence electrons. The van der Waals surface area contributed by atoms with E-state index in [4.69, 9.17) is 4.74 Å². The lowest BCUT2D eigenvalue weighted by Crippen LogP contribution is -2.18. The van der Waals surface area contributed by atoms with E-state index in [1.54, 1.807) is 12.3 Å². The summed E-state index contributed by atoms with van der Waals surface area (Å²) in [5, 5.41) is 3.02. The van der Waals surface area contributed by atoms with Crippen LogP contribution in [-0.4, -0.2) is 17.0 Å². The van der Waals surface area contributed by atoms with Crippen molar-refractivity contribution in [2.45, 2.75) is 0 Å². The standard InChI is InChI=1S/C12H8N2O3/c15-11-10(17-12(16)14-11)5-7-6-13-9-4-2-1-3-8(7)9/h1-6,13H,(H,14,15,16)/b10-5-. The van der Waals surface area contributed by atoms with E-state index in [2.05, 4.69) is 4.98 Å². The number of hydrogen-bond donors (Lipinski definition) is 2. The molecule has 5 heteroatoms. The molecule has 0 radical (unpaired) electrons. The summed E-state index contributed by atoms with van der Waals surface area (Å²) in [4.78, 5) is 25.2. The van der Waals surface area contributed by atoms with Crippen molar-refractivity contribution in [2.24, 2.45) is 0 Å². The molecule has 0 atom stereocenters. The van der Waals surface area contributed by atoms with E-state index in [9.17, 15) is 9.59 Å². The predicted molar refractivity (Wildman–Crippen MR) is 60.9 cm³/mol. The van der Waals surface area contributed by atoms with Gasteiger partial charge < -0.3 is 9.72 Å². The average Bonchev–Trinajstić information content (AvgIpc) is 2.85. The topological polar surface area (TPSA) is 71.2 Å². The average molecular weight is 228 g/mol. The molecule has 2 aromatic rings. The third-order valence-corrected chi connectivity index (χ3v) is 2.55. The predicted octanol–water partition coefficient (Wildman–Crippen LogP) is 1.78. The van der Waals surface area contributed by atoms with Crippen LogP contribution in [0.3, 0.4) is 0 Å². The minimum atomic E-state index is -0.735. The number of cyclic esters (lactones) is 1. The largest absolute Gasteiger partial charge is 0.419 e. The summed E-state index contributed by atoms with van der Waals surface area (Å²) in [7, 11) is 0. The van der Waals surface area contributed by atoms with Gasteiger partial charge in [0, 0.05) is 22.7 Å². The molecule has 5 nitrogen and oxygen atoms in total. The number of rotatable bonds is 1. The second-order valence-corrected chi connectivity index (χ2v) is 3.64. The third kappa shape index (κ3) is 1.57. The van der Waals surface area contributed by atoms with Crippen molar-refractivity contribution in [1.29, 1.82) is 0 Å². The minimum Gasteiger partial charge on any atom is -0.404 e. The Morgan fingerprint density at radius 1 is 1.18 bits per heavy atom. The molecule has 1 aromatic carbocycles. The maximum absolute atomic E-state index is 11.3. The highest BCUT2D eigenvalue weighted by molar-refractivity contribution is 6.10. The molecule has 0 spiro atoms. The number of para-hydroxylation sites is 1. The highest BCUT2D eigenvalue weighted by Crippen LogP contribution is 2.21. The van der Waals surface area contributed by atoms with Gasteiger partial charge in [0.05, 0.1) is 0 Å². The number of aromatic amines is 1. The number of hydrogen-bond acceptors (Lipinski definition) is 3. The fourth-order valence-electron chi connectivity index (χ4n) is 1.78. The summed E-state index contributed by atoms with van der Waals surface area (Å²) in [5.41, 5.74) is 1.77. The van der Waals surface area contributed by atoms with Crippen molar-refractivity contribution >= 4 is 29.0 Å². The second kappa shape index (κ2) is 3.48. The van der Waals surface area contributed by atoms with E-state index >= 15 is 0 Å². The second-order valence-electron chi connectivity index (χ2n) is 3.64. The van der Waals surface area contributed by atoms with Crippen LogP contribution < -0.4 is 5.32 Å². The van der Waals surface area contributed by atoms with E-state index in [1.807, 2.05) is 29.6 Å². The van der Waals surface area contributed by atoms with Gasteiger partial charge in [-0.25, -0.2) is 4.79 Å². The van der Waals surface area contributed by atoms with Crippen LogP contribution in [0.15, 0.2) is 36.2 Å². The lowest BCUT2D eigenvalue weighted by atomic mass is 10.1. The molecule has 1 saturated heterocycles. The van der Waals surface area contributed by atoms with Crippen molar-refractivity contribution in [3.8, 4) is 0 Å². The molecule has 0 bridgehead atoms. The summed E-state index contributed by atoms with van der Waals surface area (Å²) >= 11 is 0. The zero-order valence-corrected chi connectivity index (χ0v) is 8.69. The summed E-state index contributed by atoms with van der Waals surface area (Å²) < 4.78 is 4.74. The minimum absolute atomic E-state index is 0.0137. The van der Waals surface area contributed by atoms with Gasteiger partial charge in [0.1, 0.15) is 0 Å². The van der Waals surface area contributed by atoms with E-state index in [-0.39, 0.29) is 5.76 Å². The number of benzene rings is 1. The SMILES string of the molecule is O=C1NC(=O)/C(=C/c2c[nH]c3ccccc23)O1. The number of alkyl carbamates (subject to hydrolysis) is 1. The highest BCUT2D eigenvalue weighted by Gasteiger charge is 2.26. The highest BCUT2D eigenvalue weighted by atomic mass is 16.6. The normalized spacial score (nSPS) is 17.5. The molecule has 2 amide bonds. The molecule has 17 heavy (non-hydrogen) atoms. The smallest absolute Gasteiger partial charge is 0.404 e. The first-order chi connectivity index (χ1) is 8.24. The first-order valence-corrected chi connectivity index (χ1v) is 5.05. The Kier molecular flexibility index (Phi) is 1.98. The van der Waals surface area contributed by atoms with Gasteiger partial charge in [0.25, 0.3) is 5.91 Å². The van der Waals surface area contributed by atoms with E-state index in [0.717, 1.165) is 16.5 Å². The zero-order valence-electron chi connectivity index (χ0n) is 8.69. The Bertz CT molecular complexity index is 655. The summed E-state index contributed by atoms with van der Waals surface area (Å²) in [6, 6.07) is 7.67. The van der Waals surface area contributed by atoms with Gasteiger partial charge in [0.2, 0.25) is 0 Å². The Morgan fingerprint density at radius 2 is 2.00 bits per heavy atom. The Balaban J connectivity index is 2.08.